The van der Waals surface area contributed by atoms with Crippen LogP contribution in [0, 0.1) is 6.92 Å². The molecule has 0 atom stereocenters. The van der Waals surface area contributed by atoms with Crippen LogP contribution in [0.5, 0.6) is 0 Å². The molecule has 18 heavy (non-hydrogen) atoms. The van der Waals surface area contributed by atoms with Crippen molar-refractivity contribution < 1.29 is 0 Å². The third-order valence-corrected chi connectivity index (χ3v) is 3.04. The van der Waals surface area contributed by atoms with Crippen molar-refractivity contribution in [1.82, 2.24) is 9.88 Å². The Bertz CT molecular complexity index is 400. The zero-order valence-electron chi connectivity index (χ0n) is 10.8. The molecule has 0 radical (unpaired) electrons. The Labute approximate surface area is 126 Å². The summed E-state index contributed by atoms with van der Waals surface area (Å²) in [5, 5.41) is 0. The topological polar surface area (TPSA) is 54.5 Å². The van der Waals surface area contributed by atoms with Crippen LogP contribution in [0.15, 0.2) is 23.5 Å². The number of hydrogen-bond acceptors (Lipinski definition) is 2. The normalized spacial score (nSPS) is 16.3. The van der Waals surface area contributed by atoms with Crippen molar-refractivity contribution in [3.05, 3.63) is 29.6 Å². The van der Waals surface area contributed by atoms with E-state index in [1.54, 1.807) is 0 Å². The van der Waals surface area contributed by atoms with Gasteiger partial charge >= 0.3 is 0 Å². The van der Waals surface area contributed by atoms with Crippen LogP contribution in [0.2, 0.25) is 0 Å². The minimum atomic E-state index is 0. The highest BCUT2D eigenvalue weighted by molar-refractivity contribution is 14.0. The fourth-order valence-electron chi connectivity index (χ4n) is 2.10. The first-order valence-corrected chi connectivity index (χ1v) is 6.21. The molecule has 2 rings (SSSR count). The van der Waals surface area contributed by atoms with Crippen LogP contribution in [0.25, 0.3) is 0 Å². The molecule has 0 amide bonds. The quantitative estimate of drug-likeness (QED) is 0.500. The zero-order valence-corrected chi connectivity index (χ0v) is 13.1. The molecule has 1 saturated heterocycles. The monoisotopic (exact) mass is 360 g/mol. The first kappa shape index (κ1) is 15.2. The van der Waals surface area contributed by atoms with Gasteiger partial charge in [0.1, 0.15) is 0 Å². The molecule has 2 heterocycles. The molecule has 100 valence electrons. The Morgan fingerprint density at radius 2 is 2.06 bits per heavy atom. The summed E-state index contributed by atoms with van der Waals surface area (Å²) in [4.78, 5) is 10.8. The van der Waals surface area contributed by atoms with Crippen LogP contribution in [-0.2, 0) is 6.54 Å². The lowest BCUT2D eigenvalue weighted by Crippen LogP contribution is -2.40. The van der Waals surface area contributed by atoms with E-state index in [1.807, 2.05) is 19.3 Å². The van der Waals surface area contributed by atoms with Crippen molar-refractivity contribution in [2.24, 2.45) is 10.7 Å². The molecule has 0 saturated carbocycles. The van der Waals surface area contributed by atoms with Crippen molar-refractivity contribution in [3.63, 3.8) is 0 Å². The minimum Gasteiger partial charge on any atom is -0.370 e. The number of pyridine rings is 1. The molecule has 2 N–H and O–H groups in total. The molecular weight excluding hydrogens is 339 g/mol. The predicted octanol–water partition coefficient (Wildman–Crippen LogP) is 2.31. The smallest absolute Gasteiger partial charge is 0.191 e. The largest absolute Gasteiger partial charge is 0.370 e. The Kier molecular flexibility index (Phi) is 6.38. The number of guanidine groups is 1. The number of halogens is 1. The molecule has 0 unspecified atom stereocenters. The van der Waals surface area contributed by atoms with E-state index in [0.29, 0.717) is 12.5 Å². The van der Waals surface area contributed by atoms with Gasteiger partial charge in [0.2, 0.25) is 0 Å². The fraction of sp³-hybridized carbons (Fsp3) is 0.538. The van der Waals surface area contributed by atoms with Crippen LogP contribution in [0.1, 0.15) is 30.4 Å². The summed E-state index contributed by atoms with van der Waals surface area (Å²) >= 11 is 0. The Morgan fingerprint density at radius 1 is 1.33 bits per heavy atom. The summed E-state index contributed by atoms with van der Waals surface area (Å²) in [6.45, 7) is 4.74. The zero-order chi connectivity index (χ0) is 12.1. The van der Waals surface area contributed by atoms with Gasteiger partial charge in [-0.2, -0.15) is 0 Å². The van der Waals surface area contributed by atoms with E-state index in [-0.39, 0.29) is 24.0 Å². The van der Waals surface area contributed by atoms with Gasteiger partial charge in [0, 0.05) is 25.5 Å². The number of aliphatic imine (C=N–C) groups is 1. The summed E-state index contributed by atoms with van der Waals surface area (Å²) in [7, 11) is 0. The fourth-order valence-corrected chi connectivity index (χ4v) is 2.10. The van der Waals surface area contributed by atoms with Gasteiger partial charge in [0.25, 0.3) is 0 Å². The molecular formula is C13H21IN4. The molecule has 0 aromatic carbocycles. The number of rotatable bonds is 2. The van der Waals surface area contributed by atoms with E-state index in [4.69, 9.17) is 5.73 Å². The number of piperidine rings is 1. The summed E-state index contributed by atoms with van der Waals surface area (Å²) in [6.07, 6.45) is 7.46. The number of likely N-dealkylation sites (tertiary alicyclic amines) is 1. The average Bonchev–Trinajstić information content (AvgIpc) is 2.37. The van der Waals surface area contributed by atoms with Gasteiger partial charge < -0.3 is 10.6 Å². The van der Waals surface area contributed by atoms with Gasteiger partial charge in [0.15, 0.2) is 5.96 Å². The lowest BCUT2D eigenvalue weighted by atomic mass is 10.1. The predicted molar refractivity (Wildman–Crippen MR) is 85.1 cm³/mol. The Hall–Kier alpha value is -0.850. The van der Waals surface area contributed by atoms with E-state index in [2.05, 4.69) is 20.9 Å². The third kappa shape index (κ3) is 4.44. The van der Waals surface area contributed by atoms with Crippen LogP contribution < -0.4 is 5.73 Å². The molecule has 1 aromatic rings. The highest BCUT2D eigenvalue weighted by atomic mass is 127. The third-order valence-electron chi connectivity index (χ3n) is 3.04. The van der Waals surface area contributed by atoms with Gasteiger partial charge in [-0.1, -0.05) is 6.07 Å². The van der Waals surface area contributed by atoms with Gasteiger partial charge in [-0.25, -0.2) is 4.99 Å². The summed E-state index contributed by atoms with van der Waals surface area (Å²) in [6, 6.07) is 2.10. The van der Waals surface area contributed by atoms with Gasteiger partial charge in [-0.05, 0) is 37.3 Å². The van der Waals surface area contributed by atoms with Crippen LogP contribution >= 0.6 is 24.0 Å². The summed E-state index contributed by atoms with van der Waals surface area (Å²) in [5.74, 6) is 0.672. The summed E-state index contributed by atoms with van der Waals surface area (Å²) in [5.41, 5.74) is 8.27. The van der Waals surface area contributed by atoms with E-state index >= 15 is 0 Å². The molecule has 4 nitrogen and oxygen atoms in total. The molecule has 5 heteroatoms. The lowest BCUT2D eigenvalue weighted by molar-refractivity contribution is 0.338. The van der Waals surface area contributed by atoms with E-state index in [9.17, 15) is 0 Å². The Balaban J connectivity index is 0.00000162. The second kappa shape index (κ2) is 7.56. The van der Waals surface area contributed by atoms with Crippen molar-refractivity contribution in [1.29, 1.82) is 0 Å². The van der Waals surface area contributed by atoms with Crippen LogP contribution in [0.4, 0.5) is 0 Å². The lowest BCUT2D eigenvalue weighted by Gasteiger charge is -2.27. The first-order chi connectivity index (χ1) is 8.25. The molecule has 1 aliphatic rings. The van der Waals surface area contributed by atoms with Crippen molar-refractivity contribution in [2.75, 3.05) is 13.1 Å². The maximum absolute atomic E-state index is 5.99. The standard InChI is InChI=1S/C13H20N4.HI/c1-11-7-12(9-15-8-11)10-16-13(14)17-5-3-2-4-6-17;/h7-9H,2-6,10H2,1H3,(H2,14,16);1H. The molecule has 0 bridgehead atoms. The molecule has 1 aromatic heterocycles. The molecule has 1 fully saturated rings. The first-order valence-electron chi connectivity index (χ1n) is 6.21. The maximum Gasteiger partial charge on any atom is 0.191 e. The second-order valence-corrected chi connectivity index (χ2v) is 4.59. The number of nitrogens with zero attached hydrogens (tertiary/aromatic N) is 3. The van der Waals surface area contributed by atoms with Crippen molar-refractivity contribution in [2.45, 2.75) is 32.7 Å². The van der Waals surface area contributed by atoms with E-state index in [1.165, 1.54) is 19.3 Å². The molecule has 0 spiro atoms. The van der Waals surface area contributed by atoms with Gasteiger partial charge in [0.05, 0.1) is 6.54 Å². The number of nitrogens with two attached hydrogens (primary N) is 1. The minimum absolute atomic E-state index is 0. The average molecular weight is 360 g/mol. The number of aryl methyl sites for hydroxylation is 1. The highest BCUT2D eigenvalue weighted by Gasteiger charge is 2.11. The summed E-state index contributed by atoms with van der Waals surface area (Å²) < 4.78 is 0. The Morgan fingerprint density at radius 3 is 2.72 bits per heavy atom. The SMILES string of the molecule is Cc1cncc(CN=C(N)N2CCCCC2)c1.I. The highest BCUT2D eigenvalue weighted by Crippen LogP contribution is 2.09. The van der Waals surface area contributed by atoms with Crippen molar-refractivity contribution >= 4 is 29.9 Å². The van der Waals surface area contributed by atoms with Gasteiger partial charge in [-0.15, -0.1) is 24.0 Å². The maximum atomic E-state index is 5.99. The molecule has 0 aliphatic carbocycles. The molecule has 1 aliphatic heterocycles. The van der Waals surface area contributed by atoms with E-state index < -0.39 is 0 Å². The van der Waals surface area contributed by atoms with Crippen LogP contribution in [0.3, 0.4) is 0 Å². The number of hydrogen-bond donors (Lipinski definition) is 1. The second-order valence-electron chi connectivity index (χ2n) is 4.59. The van der Waals surface area contributed by atoms with Crippen LogP contribution in [-0.4, -0.2) is 28.9 Å². The van der Waals surface area contributed by atoms with Gasteiger partial charge in [-0.3, -0.25) is 4.98 Å². The van der Waals surface area contributed by atoms with E-state index in [0.717, 1.165) is 24.2 Å². The van der Waals surface area contributed by atoms with Crippen molar-refractivity contribution in [3.8, 4) is 0 Å². The number of aromatic nitrogens is 1.